The molecule has 0 saturated heterocycles. The number of benzene rings is 3. The standard InChI is InChI=1S/C29H29NS/c1-30(20-22-9-4-2-5-10-22)21-26-15-14-24-19-25(28-13-8-18-31-28)16-17-27(24)29(26)23-11-6-3-7-12-23/h2-13,16-19,26,29H,14-15,20-21H2,1H3. The third-order valence-corrected chi connectivity index (χ3v) is 7.46. The summed E-state index contributed by atoms with van der Waals surface area (Å²) in [6.07, 6.45) is 2.40. The van der Waals surface area contributed by atoms with Crippen LogP contribution in [0.2, 0.25) is 0 Å². The molecular formula is C29H29NS. The second-order valence-electron chi connectivity index (χ2n) is 8.76. The molecule has 0 spiro atoms. The Labute approximate surface area is 190 Å². The summed E-state index contributed by atoms with van der Waals surface area (Å²) < 4.78 is 0. The van der Waals surface area contributed by atoms with E-state index in [1.54, 1.807) is 0 Å². The molecule has 0 saturated carbocycles. The summed E-state index contributed by atoms with van der Waals surface area (Å²) in [5.41, 5.74) is 7.25. The second-order valence-corrected chi connectivity index (χ2v) is 9.71. The minimum absolute atomic E-state index is 0.459. The Morgan fingerprint density at radius 2 is 1.65 bits per heavy atom. The lowest BCUT2D eigenvalue weighted by atomic mass is 9.71. The average Bonchev–Trinajstić information content (AvgIpc) is 3.35. The van der Waals surface area contributed by atoms with E-state index >= 15 is 0 Å². The molecule has 31 heavy (non-hydrogen) atoms. The van der Waals surface area contributed by atoms with Crippen molar-refractivity contribution < 1.29 is 0 Å². The van der Waals surface area contributed by atoms with E-state index < -0.39 is 0 Å². The topological polar surface area (TPSA) is 3.24 Å². The highest BCUT2D eigenvalue weighted by Gasteiger charge is 2.31. The largest absolute Gasteiger partial charge is 0.302 e. The molecule has 0 N–H and O–H groups in total. The number of hydrogen-bond acceptors (Lipinski definition) is 2. The number of aryl methyl sites for hydroxylation is 1. The predicted octanol–water partition coefficient (Wildman–Crippen LogP) is 7.24. The third kappa shape index (κ3) is 4.51. The molecule has 1 heterocycles. The van der Waals surface area contributed by atoms with Crippen LogP contribution in [0.5, 0.6) is 0 Å². The highest BCUT2D eigenvalue weighted by Crippen LogP contribution is 2.42. The normalized spacial score (nSPS) is 18.1. The molecule has 0 amide bonds. The van der Waals surface area contributed by atoms with Crippen LogP contribution < -0.4 is 0 Å². The molecule has 1 nitrogen and oxygen atoms in total. The van der Waals surface area contributed by atoms with Crippen molar-refractivity contribution in [2.75, 3.05) is 13.6 Å². The van der Waals surface area contributed by atoms with Crippen molar-refractivity contribution in [1.29, 1.82) is 0 Å². The van der Waals surface area contributed by atoms with Gasteiger partial charge < -0.3 is 4.90 Å². The fourth-order valence-electron chi connectivity index (χ4n) is 5.15. The SMILES string of the molecule is CN(Cc1ccccc1)CC1CCc2cc(-c3cccs3)ccc2C1c1ccccc1. The number of nitrogens with zero attached hydrogens (tertiary/aromatic N) is 1. The summed E-state index contributed by atoms with van der Waals surface area (Å²) in [4.78, 5) is 3.87. The van der Waals surface area contributed by atoms with E-state index in [1.165, 1.54) is 45.5 Å². The summed E-state index contributed by atoms with van der Waals surface area (Å²) in [5.74, 6) is 1.08. The monoisotopic (exact) mass is 423 g/mol. The van der Waals surface area contributed by atoms with Gasteiger partial charge in [0.15, 0.2) is 0 Å². The van der Waals surface area contributed by atoms with Crippen LogP contribution in [0.3, 0.4) is 0 Å². The van der Waals surface area contributed by atoms with Crippen molar-refractivity contribution in [3.8, 4) is 10.4 Å². The van der Waals surface area contributed by atoms with Crippen molar-refractivity contribution in [2.45, 2.75) is 25.3 Å². The molecule has 1 aromatic heterocycles. The minimum Gasteiger partial charge on any atom is -0.302 e. The second kappa shape index (κ2) is 9.21. The molecular weight excluding hydrogens is 394 g/mol. The maximum absolute atomic E-state index is 2.50. The van der Waals surface area contributed by atoms with Gasteiger partial charge in [0.25, 0.3) is 0 Å². The number of hydrogen-bond donors (Lipinski definition) is 0. The molecule has 0 bridgehead atoms. The van der Waals surface area contributed by atoms with Crippen molar-refractivity contribution in [2.24, 2.45) is 5.92 Å². The van der Waals surface area contributed by atoms with Gasteiger partial charge in [0.05, 0.1) is 0 Å². The van der Waals surface area contributed by atoms with E-state index in [0.29, 0.717) is 11.8 Å². The quantitative estimate of drug-likeness (QED) is 0.316. The van der Waals surface area contributed by atoms with Gasteiger partial charge in [-0.2, -0.15) is 0 Å². The minimum atomic E-state index is 0.459. The zero-order chi connectivity index (χ0) is 21.0. The molecule has 2 atom stereocenters. The Morgan fingerprint density at radius 3 is 2.39 bits per heavy atom. The predicted molar refractivity (Wildman–Crippen MR) is 133 cm³/mol. The molecule has 5 rings (SSSR count). The van der Waals surface area contributed by atoms with E-state index in [0.717, 1.165) is 13.1 Å². The van der Waals surface area contributed by atoms with Crippen molar-refractivity contribution in [1.82, 2.24) is 4.90 Å². The molecule has 2 heteroatoms. The van der Waals surface area contributed by atoms with Gasteiger partial charge in [0.1, 0.15) is 0 Å². The van der Waals surface area contributed by atoms with Crippen molar-refractivity contribution >= 4 is 11.3 Å². The number of rotatable bonds is 6. The van der Waals surface area contributed by atoms with Gasteiger partial charge in [0, 0.05) is 23.9 Å². The highest BCUT2D eigenvalue weighted by atomic mass is 32.1. The highest BCUT2D eigenvalue weighted by molar-refractivity contribution is 7.13. The summed E-state index contributed by atoms with van der Waals surface area (Å²) >= 11 is 1.83. The van der Waals surface area contributed by atoms with Crippen LogP contribution >= 0.6 is 11.3 Å². The van der Waals surface area contributed by atoms with Gasteiger partial charge in [-0.25, -0.2) is 0 Å². The van der Waals surface area contributed by atoms with Crippen LogP contribution in [0, 0.1) is 5.92 Å². The zero-order valence-corrected chi connectivity index (χ0v) is 18.9. The molecule has 0 fully saturated rings. The average molecular weight is 424 g/mol. The Hall–Kier alpha value is -2.68. The van der Waals surface area contributed by atoms with Crippen LogP contribution in [-0.2, 0) is 13.0 Å². The zero-order valence-electron chi connectivity index (χ0n) is 18.1. The van der Waals surface area contributed by atoms with E-state index in [1.807, 2.05) is 11.3 Å². The lowest BCUT2D eigenvalue weighted by molar-refractivity contribution is 0.239. The van der Waals surface area contributed by atoms with Gasteiger partial charge in [-0.3, -0.25) is 0 Å². The summed E-state index contributed by atoms with van der Waals surface area (Å²) in [6.45, 7) is 2.11. The molecule has 1 aliphatic carbocycles. The molecule has 2 unspecified atom stereocenters. The summed E-state index contributed by atoms with van der Waals surface area (Å²) in [7, 11) is 2.27. The van der Waals surface area contributed by atoms with Crippen LogP contribution in [0.4, 0.5) is 0 Å². The van der Waals surface area contributed by atoms with E-state index in [-0.39, 0.29) is 0 Å². The van der Waals surface area contributed by atoms with Gasteiger partial charge >= 0.3 is 0 Å². The summed E-state index contributed by atoms with van der Waals surface area (Å²) in [6, 6.07) is 33.5. The van der Waals surface area contributed by atoms with Gasteiger partial charge in [-0.1, -0.05) is 84.9 Å². The Kier molecular flexibility index (Phi) is 6.01. The van der Waals surface area contributed by atoms with E-state index in [9.17, 15) is 0 Å². The van der Waals surface area contributed by atoms with Crippen LogP contribution in [0.25, 0.3) is 10.4 Å². The number of fused-ring (bicyclic) bond motifs is 1. The van der Waals surface area contributed by atoms with E-state index in [2.05, 4.69) is 108 Å². The fraction of sp³-hybridized carbons (Fsp3) is 0.241. The lowest BCUT2D eigenvalue weighted by Crippen LogP contribution is -2.32. The Balaban J connectivity index is 1.44. The van der Waals surface area contributed by atoms with Crippen molar-refractivity contribution in [3.63, 3.8) is 0 Å². The fourth-order valence-corrected chi connectivity index (χ4v) is 5.88. The Morgan fingerprint density at radius 1 is 0.871 bits per heavy atom. The van der Waals surface area contributed by atoms with Crippen LogP contribution in [0.15, 0.2) is 96.4 Å². The Bertz CT molecular complexity index is 1100. The molecule has 1 aliphatic rings. The molecule has 156 valence electrons. The number of thiophene rings is 1. The molecule has 3 aromatic carbocycles. The third-order valence-electron chi connectivity index (χ3n) is 6.54. The van der Waals surface area contributed by atoms with Crippen LogP contribution in [0.1, 0.15) is 34.6 Å². The van der Waals surface area contributed by atoms with Crippen molar-refractivity contribution in [3.05, 3.63) is 119 Å². The first-order valence-electron chi connectivity index (χ1n) is 11.2. The maximum atomic E-state index is 2.50. The molecule has 0 aliphatic heterocycles. The maximum Gasteiger partial charge on any atom is 0.0342 e. The first-order chi connectivity index (χ1) is 15.3. The van der Waals surface area contributed by atoms with Gasteiger partial charge in [-0.05, 0) is 65.1 Å². The molecule has 0 radical (unpaired) electrons. The van der Waals surface area contributed by atoms with E-state index in [4.69, 9.17) is 0 Å². The van der Waals surface area contributed by atoms with Crippen LogP contribution in [-0.4, -0.2) is 18.5 Å². The van der Waals surface area contributed by atoms with Gasteiger partial charge in [-0.15, -0.1) is 11.3 Å². The lowest BCUT2D eigenvalue weighted by Gasteiger charge is -2.37. The molecule has 4 aromatic rings. The summed E-state index contributed by atoms with van der Waals surface area (Å²) in [5, 5.41) is 2.17. The first kappa shape index (κ1) is 20.2. The van der Waals surface area contributed by atoms with Gasteiger partial charge in [0.2, 0.25) is 0 Å². The smallest absolute Gasteiger partial charge is 0.0342 e. The first-order valence-corrected chi connectivity index (χ1v) is 12.1.